The highest BCUT2D eigenvalue weighted by Crippen LogP contribution is 2.38. The summed E-state index contributed by atoms with van der Waals surface area (Å²) in [6.07, 6.45) is 7.19. The Morgan fingerprint density at radius 1 is 1.53 bits per heavy atom. The van der Waals surface area contributed by atoms with E-state index in [1.807, 2.05) is 17.9 Å². The van der Waals surface area contributed by atoms with Gasteiger partial charge in [-0.15, -0.1) is 0 Å². The molecule has 0 spiro atoms. The molecule has 3 atom stereocenters. The van der Waals surface area contributed by atoms with Crippen LogP contribution in [0.3, 0.4) is 0 Å². The Morgan fingerprint density at radius 2 is 2.35 bits per heavy atom. The van der Waals surface area contributed by atoms with E-state index >= 15 is 0 Å². The van der Waals surface area contributed by atoms with Crippen LogP contribution in [0, 0.1) is 11.8 Å². The minimum absolute atomic E-state index is 0.493. The number of aryl methyl sites for hydroxylation is 1. The van der Waals surface area contributed by atoms with Crippen molar-refractivity contribution in [2.24, 2.45) is 18.9 Å². The molecule has 1 aliphatic rings. The van der Waals surface area contributed by atoms with E-state index < -0.39 is 0 Å². The van der Waals surface area contributed by atoms with Gasteiger partial charge in [0.15, 0.2) is 0 Å². The molecule has 96 valence electrons. The molecule has 0 aliphatic heterocycles. The Kier molecular flexibility index (Phi) is 4.21. The zero-order chi connectivity index (χ0) is 12.3. The lowest BCUT2D eigenvalue weighted by molar-refractivity contribution is 0.343. The van der Waals surface area contributed by atoms with Gasteiger partial charge in [-0.25, -0.2) is 0 Å². The van der Waals surface area contributed by atoms with E-state index in [1.165, 1.54) is 31.4 Å². The fraction of sp³-hybridized carbons (Fsp3) is 0.786. The summed E-state index contributed by atoms with van der Waals surface area (Å²) in [6.45, 7) is 5.70. The van der Waals surface area contributed by atoms with Gasteiger partial charge in [-0.1, -0.05) is 20.3 Å². The maximum absolute atomic E-state index is 4.31. The monoisotopic (exact) mass is 235 g/mol. The molecular weight excluding hydrogens is 210 g/mol. The maximum atomic E-state index is 4.31. The molecule has 1 heterocycles. The topological polar surface area (TPSA) is 29.9 Å². The highest BCUT2D eigenvalue weighted by atomic mass is 15.3. The standard InChI is InChI=1S/C14H25N3/c1-4-8-15-14(12-6-5-11(2)10-12)13-7-9-16-17(13)3/h7,9,11-12,14-15H,4-6,8,10H2,1-3H3. The Hall–Kier alpha value is -0.830. The van der Waals surface area contributed by atoms with Crippen molar-refractivity contribution in [1.82, 2.24) is 15.1 Å². The minimum atomic E-state index is 0.493. The third-order valence-corrected chi connectivity index (χ3v) is 4.00. The van der Waals surface area contributed by atoms with Gasteiger partial charge in [0.2, 0.25) is 0 Å². The number of hydrogen-bond donors (Lipinski definition) is 1. The van der Waals surface area contributed by atoms with Crippen molar-refractivity contribution in [1.29, 1.82) is 0 Å². The molecule has 0 aromatic carbocycles. The molecule has 3 unspecified atom stereocenters. The summed E-state index contributed by atoms with van der Waals surface area (Å²) in [5, 5.41) is 8.03. The van der Waals surface area contributed by atoms with Crippen LogP contribution in [0.15, 0.2) is 12.3 Å². The highest BCUT2D eigenvalue weighted by Gasteiger charge is 2.30. The molecule has 1 fully saturated rings. The molecule has 0 radical (unpaired) electrons. The summed E-state index contributed by atoms with van der Waals surface area (Å²) < 4.78 is 2.02. The van der Waals surface area contributed by atoms with Crippen LogP contribution in [-0.4, -0.2) is 16.3 Å². The van der Waals surface area contributed by atoms with E-state index in [-0.39, 0.29) is 0 Å². The fourth-order valence-electron chi connectivity index (χ4n) is 3.06. The molecule has 1 N–H and O–H groups in total. The molecule has 1 aromatic rings. The highest BCUT2D eigenvalue weighted by molar-refractivity contribution is 5.09. The number of nitrogens with zero attached hydrogens (tertiary/aromatic N) is 2. The van der Waals surface area contributed by atoms with Crippen molar-refractivity contribution in [3.63, 3.8) is 0 Å². The van der Waals surface area contributed by atoms with Gasteiger partial charge in [-0.3, -0.25) is 4.68 Å². The Morgan fingerprint density at radius 3 is 2.88 bits per heavy atom. The van der Waals surface area contributed by atoms with Crippen LogP contribution in [0.1, 0.15) is 51.3 Å². The van der Waals surface area contributed by atoms with E-state index in [4.69, 9.17) is 0 Å². The van der Waals surface area contributed by atoms with E-state index in [2.05, 4.69) is 30.3 Å². The molecule has 1 aliphatic carbocycles. The van der Waals surface area contributed by atoms with Crippen LogP contribution in [0.25, 0.3) is 0 Å². The lowest BCUT2D eigenvalue weighted by Gasteiger charge is -2.25. The lowest BCUT2D eigenvalue weighted by Crippen LogP contribution is -2.29. The predicted octanol–water partition coefficient (Wildman–Crippen LogP) is 2.90. The number of nitrogens with one attached hydrogen (secondary N) is 1. The molecule has 2 rings (SSSR count). The second-order valence-corrected chi connectivity index (χ2v) is 5.49. The van der Waals surface area contributed by atoms with Gasteiger partial charge >= 0.3 is 0 Å². The summed E-state index contributed by atoms with van der Waals surface area (Å²) in [5.41, 5.74) is 1.34. The smallest absolute Gasteiger partial charge is 0.0553 e. The maximum Gasteiger partial charge on any atom is 0.0553 e. The van der Waals surface area contributed by atoms with Crippen molar-refractivity contribution in [2.45, 2.75) is 45.6 Å². The van der Waals surface area contributed by atoms with Crippen molar-refractivity contribution in [3.05, 3.63) is 18.0 Å². The average Bonchev–Trinajstić information content (AvgIpc) is 2.90. The second kappa shape index (κ2) is 5.67. The predicted molar refractivity (Wildman–Crippen MR) is 70.7 cm³/mol. The van der Waals surface area contributed by atoms with E-state index in [0.717, 1.165) is 18.4 Å². The van der Waals surface area contributed by atoms with Crippen molar-refractivity contribution < 1.29 is 0 Å². The molecule has 0 amide bonds. The molecular formula is C14H25N3. The van der Waals surface area contributed by atoms with Crippen LogP contribution >= 0.6 is 0 Å². The van der Waals surface area contributed by atoms with E-state index in [0.29, 0.717) is 6.04 Å². The largest absolute Gasteiger partial charge is 0.308 e. The Bertz CT molecular complexity index is 345. The summed E-state index contributed by atoms with van der Waals surface area (Å²) in [5.74, 6) is 1.67. The summed E-state index contributed by atoms with van der Waals surface area (Å²) >= 11 is 0. The van der Waals surface area contributed by atoms with Crippen molar-refractivity contribution >= 4 is 0 Å². The van der Waals surface area contributed by atoms with Gasteiger partial charge < -0.3 is 5.32 Å². The molecule has 0 bridgehead atoms. The lowest BCUT2D eigenvalue weighted by atomic mass is 9.94. The van der Waals surface area contributed by atoms with Crippen LogP contribution < -0.4 is 5.32 Å². The first-order chi connectivity index (χ1) is 8.22. The molecule has 3 heteroatoms. The quantitative estimate of drug-likeness (QED) is 0.850. The SMILES string of the molecule is CCCNC(c1ccnn1C)C1CCC(C)C1. The van der Waals surface area contributed by atoms with Gasteiger partial charge in [0.05, 0.1) is 11.7 Å². The molecule has 17 heavy (non-hydrogen) atoms. The van der Waals surface area contributed by atoms with Gasteiger partial charge in [0, 0.05) is 13.2 Å². The first-order valence-corrected chi connectivity index (χ1v) is 6.93. The van der Waals surface area contributed by atoms with Crippen LogP contribution in [0.2, 0.25) is 0 Å². The van der Waals surface area contributed by atoms with Gasteiger partial charge in [0.1, 0.15) is 0 Å². The Balaban J connectivity index is 2.10. The Labute approximate surface area is 105 Å². The zero-order valence-electron chi connectivity index (χ0n) is 11.3. The van der Waals surface area contributed by atoms with Crippen molar-refractivity contribution in [3.8, 4) is 0 Å². The third kappa shape index (κ3) is 2.89. The molecule has 3 nitrogen and oxygen atoms in total. The molecule has 0 saturated heterocycles. The first kappa shape index (κ1) is 12.6. The van der Waals surface area contributed by atoms with Crippen molar-refractivity contribution in [2.75, 3.05) is 6.54 Å². The van der Waals surface area contributed by atoms with Crippen LogP contribution in [0.5, 0.6) is 0 Å². The van der Waals surface area contributed by atoms with Gasteiger partial charge in [-0.05, 0) is 43.7 Å². The normalized spacial score (nSPS) is 26.3. The fourth-order valence-corrected chi connectivity index (χ4v) is 3.06. The average molecular weight is 235 g/mol. The summed E-state index contributed by atoms with van der Waals surface area (Å²) in [7, 11) is 2.05. The summed E-state index contributed by atoms with van der Waals surface area (Å²) in [6, 6.07) is 2.66. The van der Waals surface area contributed by atoms with Gasteiger partial charge in [0.25, 0.3) is 0 Å². The van der Waals surface area contributed by atoms with E-state index in [9.17, 15) is 0 Å². The number of rotatable bonds is 5. The first-order valence-electron chi connectivity index (χ1n) is 6.93. The zero-order valence-corrected chi connectivity index (χ0v) is 11.3. The van der Waals surface area contributed by atoms with Crippen LogP contribution in [0.4, 0.5) is 0 Å². The second-order valence-electron chi connectivity index (χ2n) is 5.49. The third-order valence-electron chi connectivity index (χ3n) is 4.00. The minimum Gasteiger partial charge on any atom is -0.308 e. The van der Waals surface area contributed by atoms with Crippen LogP contribution in [-0.2, 0) is 7.05 Å². The molecule has 1 aromatic heterocycles. The summed E-state index contributed by atoms with van der Waals surface area (Å²) in [4.78, 5) is 0. The number of hydrogen-bond acceptors (Lipinski definition) is 2. The van der Waals surface area contributed by atoms with E-state index in [1.54, 1.807) is 0 Å². The number of aromatic nitrogens is 2. The van der Waals surface area contributed by atoms with Gasteiger partial charge in [-0.2, -0.15) is 5.10 Å². The molecule has 1 saturated carbocycles.